The van der Waals surface area contributed by atoms with Crippen molar-refractivity contribution in [3.8, 4) is 0 Å². The standard InChI is InChI=1S/C14H30O3S.Na/c1-3-4-5-6-7-8-9-10-11-12-13-14(2)18(15,16)17;/h14H,3-13H2,1-2H3,(H,15,16,17);/q;+1/p-1. The summed E-state index contributed by atoms with van der Waals surface area (Å²) >= 11 is 0. The molecule has 0 bridgehead atoms. The van der Waals surface area contributed by atoms with Gasteiger partial charge in [0.15, 0.2) is 0 Å². The Labute approximate surface area is 142 Å². The quantitative estimate of drug-likeness (QED) is 0.309. The fourth-order valence-corrected chi connectivity index (χ4v) is 2.52. The molecule has 0 aliphatic carbocycles. The van der Waals surface area contributed by atoms with Gasteiger partial charge >= 0.3 is 29.6 Å². The first kappa shape index (κ1) is 22.2. The van der Waals surface area contributed by atoms with E-state index < -0.39 is 15.4 Å². The molecule has 0 spiro atoms. The molecule has 0 aromatic heterocycles. The molecule has 1 atom stereocenters. The Morgan fingerprint density at radius 1 is 0.842 bits per heavy atom. The van der Waals surface area contributed by atoms with Gasteiger partial charge in [-0.3, -0.25) is 0 Å². The maximum absolute atomic E-state index is 10.7. The number of unbranched alkanes of at least 4 members (excludes halogenated alkanes) is 9. The molecule has 0 N–H and O–H groups in total. The largest absolute Gasteiger partial charge is 1.00 e. The molecule has 0 rings (SSSR count). The van der Waals surface area contributed by atoms with Crippen LogP contribution < -0.4 is 29.6 Å². The van der Waals surface area contributed by atoms with Crippen molar-refractivity contribution in [2.75, 3.05) is 0 Å². The summed E-state index contributed by atoms with van der Waals surface area (Å²) in [4.78, 5) is 0. The molecule has 3 nitrogen and oxygen atoms in total. The second-order valence-corrected chi connectivity index (χ2v) is 7.06. The van der Waals surface area contributed by atoms with Gasteiger partial charge in [-0.15, -0.1) is 0 Å². The molecule has 0 aliphatic rings. The third-order valence-corrected chi connectivity index (χ3v) is 4.68. The molecule has 110 valence electrons. The van der Waals surface area contributed by atoms with E-state index in [1.54, 1.807) is 0 Å². The molecule has 0 aliphatic heterocycles. The summed E-state index contributed by atoms with van der Waals surface area (Å²) in [5, 5.41) is -0.716. The summed E-state index contributed by atoms with van der Waals surface area (Å²) in [7, 11) is -4.06. The zero-order valence-electron chi connectivity index (χ0n) is 13.0. The van der Waals surface area contributed by atoms with Crippen LogP contribution in [0.5, 0.6) is 0 Å². The van der Waals surface area contributed by atoms with Crippen LogP contribution in [0.3, 0.4) is 0 Å². The van der Waals surface area contributed by atoms with Crippen molar-refractivity contribution >= 4 is 10.1 Å². The third-order valence-electron chi connectivity index (χ3n) is 3.46. The summed E-state index contributed by atoms with van der Waals surface area (Å²) < 4.78 is 32.0. The molecule has 5 heteroatoms. The number of hydrogen-bond acceptors (Lipinski definition) is 3. The van der Waals surface area contributed by atoms with Crippen molar-refractivity contribution in [1.29, 1.82) is 0 Å². The summed E-state index contributed by atoms with van der Waals surface area (Å²) in [6.07, 6.45) is 12.8. The fraction of sp³-hybridized carbons (Fsp3) is 1.00. The van der Waals surface area contributed by atoms with E-state index in [0.29, 0.717) is 6.42 Å². The minimum absolute atomic E-state index is 0. The first-order valence-corrected chi connectivity index (χ1v) is 8.90. The first-order valence-electron chi connectivity index (χ1n) is 7.43. The second-order valence-electron chi connectivity index (χ2n) is 5.27. The normalized spacial score (nSPS) is 13.0. The summed E-state index contributed by atoms with van der Waals surface area (Å²) in [6, 6.07) is 0. The molecule has 0 fully saturated rings. The van der Waals surface area contributed by atoms with Crippen molar-refractivity contribution in [3.63, 3.8) is 0 Å². The van der Waals surface area contributed by atoms with Crippen LogP contribution >= 0.6 is 0 Å². The topological polar surface area (TPSA) is 57.2 Å². The average Bonchev–Trinajstić information content (AvgIpc) is 2.30. The predicted octanol–water partition coefficient (Wildman–Crippen LogP) is 1.24. The van der Waals surface area contributed by atoms with Gasteiger partial charge in [-0.05, 0) is 13.3 Å². The molecular weight excluding hydrogens is 271 g/mol. The molecule has 0 saturated heterocycles. The molecular formula is C14H29NaO3S. The van der Waals surface area contributed by atoms with Gasteiger partial charge in [0.2, 0.25) is 0 Å². The van der Waals surface area contributed by atoms with Crippen LogP contribution in [0.25, 0.3) is 0 Å². The van der Waals surface area contributed by atoms with Crippen LogP contribution in [0.15, 0.2) is 0 Å². The zero-order chi connectivity index (χ0) is 13.9. The molecule has 0 heterocycles. The minimum Gasteiger partial charge on any atom is -0.748 e. The van der Waals surface area contributed by atoms with Gasteiger partial charge in [0, 0.05) is 5.25 Å². The monoisotopic (exact) mass is 300 g/mol. The SMILES string of the molecule is CCCCCCCCCCCCC(C)S(=O)(=O)[O-].[Na+]. The summed E-state index contributed by atoms with van der Waals surface area (Å²) in [5.41, 5.74) is 0. The maximum Gasteiger partial charge on any atom is 1.00 e. The Hall–Kier alpha value is 0.910. The Kier molecular flexibility index (Phi) is 16.2. The van der Waals surface area contributed by atoms with Gasteiger partial charge in [0.1, 0.15) is 0 Å². The molecule has 0 amide bonds. The summed E-state index contributed by atoms with van der Waals surface area (Å²) in [5.74, 6) is 0. The van der Waals surface area contributed by atoms with Crippen LogP contribution in [0, 0.1) is 0 Å². The third kappa shape index (κ3) is 15.1. The van der Waals surface area contributed by atoms with E-state index in [2.05, 4.69) is 6.92 Å². The Balaban J connectivity index is 0. The van der Waals surface area contributed by atoms with Crippen molar-refractivity contribution in [1.82, 2.24) is 0 Å². The van der Waals surface area contributed by atoms with Crippen LogP contribution in [0.4, 0.5) is 0 Å². The van der Waals surface area contributed by atoms with Crippen LogP contribution in [-0.4, -0.2) is 18.2 Å². The molecule has 0 saturated carbocycles. The molecule has 0 radical (unpaired) electrons. The Bertz CT molecular complexity index is 278. The molecule has 0 aromatic rings. The van der Waals surface area contributed by atoms with Gasteiger partial charge in [0.05, 0.1) is 10.1 Å². The van der Waals surface area contributed by atoms with E-state index in [4.69, 9.17) is 0 Å². The van der Waals surface area contributed by atoms with Crippen molar-refractivity contribution in [3.05, 3.63) is 0 Å². The molecule has 0 aromatic carbocycles. The second kappa shape index (κ2) is 13.9. The van der Waals surface area contributed by atoms with Gasteiger partial charge in [-0.25, -0.2) is 8.42 Å². The first-order chi connectivity index (χ1) is 8.48. The summed E-state index contributed by atoms with van der Waals surface area (Å²) in [6.45, 7) is 3.74. The van der Waals surface area contributed by atoms with Gasteiger partial charge in [-0.2, -0.15) is 0 Å². The molecule has 19 heavy (non-hydrogen) atoms. The van der Waals surface area contributed by atoms with E-state index >= 15 is 0 Å². The number of rotatable bonds is 12. The van der Waals surface area contributed by atoms with E-state index in [1.807, 2.05) is 0 Å². The van der Waals surface area contributed by atoms with Crippen molar-refractivity contribution < 1.29 is 42.5 Å². The molecule has 1 unspecified atom stereocenters. The van der Waals surface area contributed by atoms with Gasteiger partial charge < -0.3 is 4.55 Å². The van der Waals surface area contributed by atoms with E-state index in [1.165, 1.54) is 58.3 Å². The Morgan fingerprint density at radius 3 is 1.58 bits per heavy atom. The van der Waals surface area contributed by atoms with E-state index in [-0.39, 0.29) is 29.6 Å². The van der Waals surface area contributed by atoms with E-state index in [9.17, 15) is 13.0 Å². The number of hydrogen-bond donors (Lipinski definition) is 0. The predicted molar refractivity (Wildman–Crippen MR) is 75.6 cm³/mol. The van der Waals surface area contributed by atoms with Gasteiger partial charge in [0.25, 0.3) is 0 Å². The smallest absolute Gasteiger partial charge is 0.748 e. The fourth-order valence-electron chi connectivity index (χ4n) is 2.06. The minimum atomic E-state index is -4.06. The van der Waals surface area contributed by atoms with Crippen LogP contribution in [0.1, 0.15) is 84.5 Å². The average molecular weight is 300 g/mol. The van der Waals surface area contributed by atoms with Crippen LogP contribution in [-0.2, 0) is 10.1 Å². The van der Waals surface area contributed by atoms with Crippen molar-refractivity contribution in [2.45, 2.75) is 89.7 Å². The van der Waals surface area contributed by atoms with E-state index in [0.717, 1.165) is 12.8 Å². The Morgan fingerprint density at radius 2 is 1.21 bits per heavy atom. The van der Waals surface area contributed by atoms with Crippen molar-refractivity contribution in [2.24, 2.45) is 0 Å². The zero-order valence-corrected chi connectivity index (χ0v) is 15.8. The maximum atomic E-state index is 10.7. The van der Waals surface area contributed by atoms with Gasteiger partial charge in [-0.1, -0.05) is 71.1 Å². The van der Waals surface area contributed by atoms with Crippen LogP contribution in [0.2, 0.25) is 0 Å².